The molecule has 3 aliphatic rings. The van der Waals surface area contributed by atoms with E-state index < -0.39 is 23.8 Å². The normalized spacial score (nSPS) is 30.7. The van der Waals surface area contributed by atoms with Crippen LogP contribution < -0.4 is 0 Å². The Morgan fingerprint density at radius 1 is 0.667 bits per heavy atom. The van der Waals surface area contributed by atoms with E-state index in [1.54, 1.807) is 0 Å². The summed E-state index contributed by atoms with van der Waals surface area (Å²) in [5.74, 6) is -3.09. The van der Waals surface area contributed by atoms with Gasteiger partial charge < -0.3 is 19.7 Å². The van der Waals surface area contributed by atoms with Crippen LogP contribution in [0.2, 0.25) is 0 Å². The van der Waals surface area contributed by atoms with E-state index >= 15 is 0 Å². The molecule has 0 radical (unpaired) electrons. The van der Waals surface area contributed by atoms with E-state index in [0.717, 1.165) is 91.4 Å². The lowest BCUT2D eigenvalue weighted by molar-refractivity contribution is -0.173. The van der Waals surface area contributed by atoms with Crippen LogP contribution in [0.5, 0.6) is 0 Å². The fourth-order valence-electron chi connectivity index (χ4n) is 5.47. The molecule has 0 spiro atoms. The molecule has 2 aliphatic heterocycles. The summed E-state index contributed by atoms with van der Waals surface area (Å²) in [5, 5.41) is 19.5. The zero-order chi connectivity index (χ0) is 21.3. The molecule has 172 valence electrons. The topological polar surface area (TPSA) is 99.5 Å². The maximum Gasteiger partial charge on any atom is 0.307 e. The molecule has 2 saturated heterocycles. The van der Waals surface area contributed by atoms with Gasteiger partial charge in [0.25, 0.3) is 0 Å². The molecule has 0 unspecified atom stereocenters. The Hall–Kier alpha value is -1.22. The molecular formula is C22H38N2O6. The van der Waals surface area contributed by atoms with Gasteiger partial charge in [0.2, 0.25) is 0 Å². The van der Waals surface area contributed by atoms with Crippen molar-refractivity contribution in [1.82, 2.24) is 9.80 Å². The van der Waals surface area contributed by atoms with Crippen LogP contribution in [0, 0.1) is 23.7 Å². The second-order valence-corrected chi connectivity index (χ2v) is 8.96. The van der Waals surface area contributed by atoms with Crippen LogP contribution >= 0.6 is 0 Å². The minimum atomic E-state index is -0.816. The average Bonchev–Trinajstić information content (AvgIpc) is 2.72. The van der Waals surface area contributed by atoms with Gasteiger partial charge in [0.05, 0.1) is 38.3 Å². The van der Waals surface area contributed by atoms with E-state index in [1.807, 2.05) is 0 Å². The Labute approximate surface area is 179 Å². The summed E-state index contributed by atoms with van der Waals surface area (Å²) in [6, 6.07) is 0. The van der Waals surface area contributed by atoms with Gasteiger partial charge in [-0.15, -0.1) is 0 Å². The molecule has 3 rings (SSSR count). The molecule has 30 heavy (non-hydrogen) atoms. The lowest BCUT2D eigenvalue weighted by atomic mass is 9.54. The molecule has 0 aromatic heterocycles. The Morgan fingerprint density at radius 3 is 1.37 bits per heavy atom. The van der Waals surface area contributed by atoms with E-state index in [0.29, 0.717) is 12.8 Å². The highest BCUT2D eigenvalue weighted by atomic mass is 16.5. The molecule has 1 saturated carbocycles. The summed E-state index contributed by atoms with van der Waals surface area (Å²) in [7, 11) is 0. The second kappa shape index (κ2) is 12.0. The predicted molar refractivity (Wildman–Crippen MR) is 111 cm³/mol. The predicted octanol–water partition coefficient (Wildman–Crippen LogP) is 1.64. The monoisotopic (exact) mass is 426 g/mol. The van der Waals surface area contributed by atoms with Gasteiger partial charge in [0.1, 0.15) is 0 Å². The van der Waals surface area contributed by atoms with Crippen LogP contribution in [-0.4, -0.2) is 97.6 Å². The summed E-state index contributed by atoms with van der Waals surface area (Å²) in [6.07, 6.45) is 5.14. The van der Waals surface area contributed by atoms with Crippen molar-refractivity contribution in [3.8, 4) is 0 Å². The fraction of sp³-hybridized carbons (Fsp3) is 0.909. The van der Waals surface area contributed by atoms with Crippen molar-refractivity contribution in [1.29, 1.82) is 0 Å². The quantitative estimate of drug-likeness (QED) is 0.455. The molecule has 1 aliphatic carbocycles. The number of aliphatic carboxylic acids is 2. The molecule has 2 heterocycles. The van der Waals surface area contributed by atoms with Crippen LogP contribution in [0.3, 0.4) is 0 Å². The molecular weight excluding hydrogens is 388 g/mol. The highest BCUT2D eigenvalue weighted by molar-refractivity contribution is 5.79. The molecule has 2 N–H and O–H groups in total. The molecule has 8 nitrogen and oxygen atoms in total. The molecule has 3 fully saturated rings. The number of rotatable bonds is 12. The van der Waals surface area contributed by atoms with Gasteiger partial charge in [-0.2, -0.15) is 0 Å². The van der Waals surface area contributed by atoms with Crippen molar-refractivity contribution >= 4 is 11.9 Å². The molecule has 8 heteroatoms. The highest BCUT2D eigenvalue weighted by Gasteiger charge is 2.56. The van der Waals surface area contributed by atoms with Gasteiger partial charge in [0, 0.05) is 26.2 Å². The minimum absolute atomic E-state index is 0.228. The zero-order valence-corrected chi connectivity index (χ0v) is 18.0. The zero-order valence-electron chi connectivity index (χ0n) is 18.0. The minimum Gasteiger partial charge on any atom is -0.481 e. The maximum atomic E-state index is 11.9. The van der Waals surface area contributed by atoms with E-state index in [2.05, 4.69) is 9.80 Å². The van der Waals surface area contributed by atoms with Gasteiger partial charge >= 0.3 is 11.9 Å². The third-order valence-corrected chi connectivity index (χ3v) is 7.15. The number of morpholine rings is 2. The van der Waals surface area contributed by atoms with Gasteiger partial charge in [0.15, 0.2) is 0 Å². The molecule has 0 amide bonds. The molecule has 0 aromatic carbocycles. The van der Waals surface area contributed by atoms with Crippen molar-refractivity contribution in [2.45, 2.75) is 38.5 Å². The first-order valence-electron chi connectivity index (χ1n) is 11.6. The number of nitrogens with zero attached hydrogens (tertiary/aromatic N) is 2. The van der Waals surface area contributed by atoms with Crippen molar-refractivity contribution in [2.75, 3.05) is 65.7 Å². The smallest absolute Gasteiger partial charge is 0.307 e. The number of carbonyl (C=O) groups is 2. The number of carboxylic acids is 2. The van der Waals surface area contributed by atoms with Crippen LogP contribution in [-0.2, 0) is 19.1 Å². The van der Waals surface area contributed by atoms with Gasteiger partial charge in [-0.3, -0.25) is 19.4 Å². The summed E-state index contributed by atoms with van der Waals surface area (Å²) < 4.78 is 10.7. The third kappa shape index (κ3) is 6.39. The summed E-state index contributed by atoms with van der Waals surface area (Å²) in [6.45, 7) is 8.87. The molecule has 0 bridgehead atoms. The van der Waals surface area contributed by atoms with Crippen molar-refractivity contribution < 1.29 is 29.3 Å². The lowest BCUT2D eigenvalue weighted by Gasteiger charge is -2.48. The highest BCUT2D eigenvalue weighted by Crippen LogP contribution is 2.51. The Kier molecular flexibility index (Phi) is 9.36. The third-order valence-electron chi connectivity index (χ3n) is 7.15. The van der Waals surface area contributed by atoms with E-state index in [9.17, 15) is 19.8 Å². The molecule has 0 atom stereocenters. The Morgan fingerprint density at radius 2 is 1.03 bits per heavy atom. The standard InChI is InChI=1S/C22H38N2O6/c25-21(26)19-17(5-1-3-7-23-9-13-29-14-10-23)20(22(27)28)18(19)6-2-4-8-24-11-15-30-16-12-24/h17-20H,1-16H2,(H,25,26)(H,27,28). The maximum absolute atomic E-state index is 11.9. The van der Waals surface area contributed by atoms with Crippen molar-refractivity contribution in [3.05, 3.63) is 0 Å². The van der Waals surface area contributed by atoms with E-state index in [-0.39, 0.29) is 11.8 Å². The van der Waals surface area contributed by atoms with Crippen LogP contribution in [0.15, 0.2) is 0 Å². The van der Waals surface area contributed by atoms with Gasteiger partial charge in [-0.1, -0.05) is 12.8 Å². The number of ether oxygens (including phenoxy) is 2. The van der Waals surface area contributed by atoms with E-state index in [4.69, 9.17) is 9.47 Å². The van der Waals surface area contributed by atoms with Crippen LogP contribution in [0.25, 0.3) is 0 Å². The number of hydrogen-bond donors (Lipinski definition) is 2. The van der Waals surface area contributed by atoms with Gasteiger partial charge in [-0.05, 0) is 50.6 Å². The lowest BCUT2D eigenvalue weighted by Crippen LogP contribution is -2.54. The number of hydrogen-bond acceptors (Lipinski definition) is 6. The largest absolute Gasteiger partial charge is 0.481 e. The van der Waals surface area contributed by atoms with Crippen molar-refractivity contribution in [2.24, 2.45) is 23.7 Å². The fourth-order valence-corrected chi connectivity index (χ4v) is 5.47. The first-order chi connectivity index (χ1) is 14.6. The number of carboxylic acid groups (broad SMARTS) is 2. The summed E-state index contributed by atoms with van der Waals surface area (Å²) >= 11 is 0. The summed E-state index contributed by atoms with van der Waals surface area (Å²) in [4.78, 5) is 28.5. The summed E-state index contributed by atoms with van der Waals surface area (Å²) in [5.41, 5.74) is 0. The van der Waals surface area contributed by atoms with Gasteiger partial charge in [-0.25, -0.2) is 0 Å². The SMILES string of the molecule is O=C(O)C1C(CCCCN2CCOCC2)C(C(=O)O)C1CCCCN1CCOCC1. The van der Waals surface area contributed by atoms with Crippen LogP contribution in [0.1, 0.15) is 38.5 Å². The average molecular weight is 427 g/mol. The first-order valence-corrected chi connectivity index (χ1v) is 11.6. The van der Waals surface area contributed by atoms with E-state index in [1.165, 1.54) is 0 Å². The Bertz CT molecular complexity index is 492. The second-order valence-electron chi connectivity index (χ2n) is 8.96. The van der Waals surface area contributed by atoms with Crippen LogP contribution in [0.4, 0.5) is 0 Å². The Balaban J connectivity index is 1.41. The number of unbranched alkanes of at least 4 members (excludes halogenated alkanes) is 2. The first kappa shape index (κ1) is 23.4. The van der Waals surface area contributed by atoms with Crippen molar-refractivity contribution in [3.63, 3.8) is 0 Å². The molecule has 0 aromatic rings.